The van der Waals surface area contributed by atoms with E-state index < -0.39 is 5.97 Å². The summed E-state index contributed by atoms with van der Waals surface area (Å²) in [4.78, 5) is 10.2. The molecule has 0 aromatic heterocycles. The van der Waals surface area contributed by atoms with Gasteiger partial charge in [-0.05, 0) is 18.8 Å². The van der Waals surface area contributed by atoms with Crippen LogP contribution in [0.1, 0.15) is 26.2 Å². The summed E-state index contributed by atoms with van der Waals surface area (Å²) in [6, 6.07) is 0.0471. The monoisotopic (exact) mass is 285 g/mol. The molecule has 0 aromatic carbocycles. The van der Waals surface area contributed by atoms with E-state index in [1.54, 1.807) is 0 Å². The van der Waals surface area contributed by atoms with Gasteiger partial charge in [0.25, 0.3) is 0 Å². The Morgan fingerprint density at radius 2 is 2.25 bits per heavy atom. The molecule has 0 heterocycles. The van der Waals surface area contributed by atoms with Gasteiger partial charge in [-0.25, -0.2) is 0 Å². The molecule has 3 nitrogen and oxygen atoms in total. The number of carboxylic acid groups (broad SMARTS) is 1. The second-order valence-electron chi connectivity index (χ2n) is 3.19. The van der Waals surface area contributed by atoms with Crippen molar-refractivity contribution in [3.63, 3.8) is 0 Å². The van der Waals surface area contributed by atoms with Crippen molar-refractivity contribution in [2.24, 2.45) is 11.7 Å². The Morgan fingerprint density at radius 3 is 2.67 bits per heavy atom. The van der Waals surface area contributed by atoms with Gasteiger partial charge >= 0.3 is 5.97 Å². The Balaban J connectivity index is 3.45. The predicted octanol–water partition coefficient (Wildman–Crippen LogP) is 1.64. The van der Waals surface area contributed by atoms with Crippen molar-refractivity contribution in [2.75, 3.05) is 4.43 Å². The van der Waals surface area contributed by atoms with Gasteiger partial charge in [0.1, 0.15) is 0 Å². The van der Waals surface area contributed by atoms with Gasteiger partial charge in [-0.3, -0.25) is 4.79 Å². The molecule has 3 N–H and O–H groups in total. The molecule has 0 aliphatic rings. The highest BCUT2D eigenvalue weighted by molar-refractivity contribution is 14.1. The zero-order valence-corrected chi connectivity index (χ0v) is 9.45. The van der Waals surface area contributed by atoms with Crippen molar-refractivity contribution in [1.82, 2.24) is 0 Å². The lowest BCUT2D eigenvalue weighted by atomic mass is 10.0. The van der Waals surface area contributed by atoms with Crippen LogP contribution in [0, 0.1) is 5.92 Å². The molecule has 0 saturated carbocycles. The molecule has 0 rings (SSSR count). The third kappa shape index (κ3) is 6.84. The second-order valence-corrected chi connectivity index (χ2v) is 4.07. The lowest BCUT2D eigenvalue weighted by molar-refractivity contribution is -0.137. The highest BCUT2D eigenvalue weighted by Gasteiger charge is 2.09. The Bertz CT molecular complexity index is 141. The molecule has 0 bridgehead atoms. The zero-order chi connectivity index (χ0) is 9.56. The zero-order valence-electron chi connectivity index (χ0n) is 7.29. The molecule has 0 saturated heterocycles. The molecule has 0 aliphatic carbocycles. The number of carbonyl (C=O) groups is 1. The predicted molar refractivity (Wildman–Crippen MR) is 57.5 cm³/mol. The average Bonchev–Trinajstić information content (AvgIpc) is 2.00. The minimum atomic E-state index is -0.757. The first kappa shape index (κ1) is 12.2. The van der Waals surface area contributed by atoms with Crippen LogP contribution in [0.3, 0.4) is 0 Å². The Hall–Kier alpha value is 0.160. The second kappa shape index (κ2) is 6.65. The van der Waals surface area contributed by atoms with Crippen LogP contribution in [0.15, 0.2) is 0 Å². The van der Waals surface area contributed by atoms with Crippen LogP contribution in [0.25, 0.3) is 0 Å². The number of hydrogen-bond acceptors (Lipinski definition) is 2. The Labute approximate surface area is 86.9 Å². The third-order valence-corrected chi connectivity index (χ3v) is 3.20. The van der Waals surface area contributed by atoms with E-state index in [4.69, 9.17) is 10.8 Å². The molecule has 4 heteroatoms. The molecule has 0 aliphatic heterocycles. The number of nitrogens with two attached hydrogens (primary N) is 1. The van der Waals surface area contributed by atoms with E-state index in [0.717, 1.165) is 10.8 Å². The van der Waals surface area contributed by atoms with Crippen LogP contribution < -0.4 is 5.73 Å². The molecule has 0 spiro atoms. The quantitative estimate of drug-likeness (QED) is 0.576. The lowest BCUT2D eigenvalue weighted by Gasteiger charge is -2.13. The van der Waals surface area contributed by atoms with E-state index in [2.05, 4.69) is 29.5 Å². The van der Waals surface area contributed by atoms with Crippen LogP contribution in [0.5, 0.6) is 0 Å². The first-order valence-corrected chi connectivity index (χ1v) is 5.62. The fourth-order valence-corrected chi connectivity index (χ4v) is 1.37. The van der Waals surface area contributed by atoms with E-state index in [1.807, 2.05) is 0 Å². The summed E-state index contributed by atoms with van der Waals surface area (Å²) in [5.74, 6) is -0.165. The van der Waals surface area contributed by atoms with Gasteiger partial charge in [0.05, 0.1) is 0 Å². The van der Waals surface area contributed by atoms with E-state index >= 15 is 0 Å². The molecule has 2 atom stereocenters. The maximum atomic E-state index is 10.2. The highest BCUT2D eigenvalue weighted by atomic mass is 127. The number of alkyl halides is 1. The van der Waals surface area contributed by atoms with Crippen molar-refractivity contribution < 1.29 is 9.90 Å². The van der Waals surface area contributed by atoms with Crippen molar-refractivity contribution in [2.45, 2.75) is 32.2 Å². The summed E-state index contributed by atoms with van der Waals surface area (Å²) in [6.45, 7) is 2.13. The minimum absolute atomic E-state index is 0.0471. The van der Waals surface area contributed by atoms with E-state index in [0.29, 0.717) is 12.3 Å². The molecule has 0 aromatic rings. The van der Waals surface area contributed by atoms with Crippen LogP contribution in [-0.2, 0) is 4.79 Å². The van der Waals surface area contributed by atoms with Gasteiger partial charge in [-0.2, -0.15) is 0 Å². The lowest BCUT2D eigenvalue weighted by Crippen LogP contribution is -2.24. The molecule has 72 valence electrons. The first-order chi connectivity index (χ1) is 5.56. The maximum absolute atomic E-state index is 10.2. The van der Waals surface area contributed by atoms with E-state index in [9.17, 15) is 4.79 Å². The fourth-order valence-electron chi connectivity index (χ4n) is 1.01. The summed E-state index contributed by atoms with van der Waals surface area (Å²) < 4.78 is 1.08. The highest BCUT2D eigenvalue weighted by Crippen LogP contribution is 2.10. The van der Waals surface area contributed by atoms with Crippen molar-refractivity contribution in [3.05, 3.63) is 0 Å². The number of halogens is 1. The summed E-state index contributed by atoms with van der Waals surface area (Å²) in [5.41, 5.74) is 5.73. The fraction of sp³-hybridized carbons (Fsp3) is 0.875. The number of aliphatic carboxylic acids is 1. The van der Waals surface area contributed by atoms with E-state index in [1.165, 1.54) is 0 Å². The SMILES string of the molecule is CC(CI)CC(N)CCC(=O)O. The molecule has 0 fully saturated rings. The van der Waals surface area contributed by atoms with Gasteiger partial charge in [0.2, 0.25) is 0 Å². The van der Waals surface area contributed by atoms with E-state index in [-0.39, 0.29) is 12.5 Å². The third-order valence-electron chi connectivity index (χ3n) is 1.70. The molecule has 2 unspecified atom stereocenters. The topological polar surface area (TPSA) is 63.3 Å². The first-order valence-electron chi connectivity index (χ1n) is 4.09. The largest absolute Gasteiger partial charge is 0.481 e. The summed E-state index contributed by atoms with van der Waals surface area (Å²) in [6.07, 6.45) is 1.71. The molecular weight excluding hydrogens is 269 g/mol. The molecule has 0 amide bonds. The van der Waals surface area contributed by atoms with Gasteiger partial charge in [-0.1, -0.05) is 29.5 Å². The van der Waals surface area contributed by atoms with Crippen LogP contribution >= 0.6 is 22.6 Å². The average molecular weight is 285 g/mol. The Kier molecular flexibility index (Phi) is 6.74. The Morgan fingerprint density at radius 1 is 1.67 bits per heavy atom. The normalized spacial score (nSPS) is 15.6. The number of carboxylic acids is 1. The summed E-state index contributed by atoms with van der Waals surface area (Å²) in [5, 5.41) is 8.40. The van der Waals surface area contributed by atoms with Gasteiger partial charge in [-0.15, -0.1) is 0 Å². The summed E-state index contributed by atoms with van der Waals surface area (Å²) in [7, 11) is 0. The molecular formula is C8H16INO2. The van der Waals surface area contributed by atoms with Gasteiger partial charge in [0.15, 0.2) is 0 Å². The standard InChI is InChI=1S/C8H16INO2/c1-6(5-9)4-7(10)2-3-8(11)12/h6-7H,2-5,10H2,1H3,(H,11,12). The van der Waals surface area contributed by atoms with Gasteiger partial charge < -0.3 is 10.8 Å². The maximum Gasteiger partial charge on any atom is 0.303 e. The van der Waals surface area contributed by atoms with Crippen molar-refractivity contribution in [3.8, 4) is 0 Å². The van der Waals surface area contributed by atoms with Crippen LogP contribution in [-0.4, -0.2) is 21.5 Å². The summed E-state index contributed by atoms with van der Waals surface area (Å²) >= 11 is 2.32. The smallest absolute Gasteiger partial charge is 0.303 e. The van der Waals surface area contributed by atoms with Crippen molar-refractivity contribution in [1.29, 1.82) is 0 Å². The van der Waals surface area contributed by atoms with Crippen LogP contribution in [0.2, 0.25) is 0 Å². The number of rotatable bonds is 6. The van der Waals surface area contributed by atoms with Crippen LogP contribution in [0.4, 0.5) is 0 Å². The minimum Gasteiger partial charge on any atom is -0.481 e. The van der Waals surface area contributed by atoms with Gasteiger partial charge in [0, 0.05) is 16.9 Å². The van der Waals surface area contributed by atoms with Crippen molar-refractivity contribution >= 4 is 28.6 Å². The molecule has 12 heavy (non-hydrogen) atoms. The molecule has 0 radical (unpaired) electrons. The number of hydrogen-bond donors (Lipinski definition) is 2.